The van der Waals surface area contributed by atoms with E-state index in [0.29, 0.717) is 0 Å². The largest absolute Gasteiger partial charge is 0.483 e. The number of aromatic amines is 1. The summed E-state index contributed by atoms with van der Waals surface area (Å²) in [5.74, 6) is 1.09. The Bertz CT molecular complexity index is 813. The summed E-state index contributed by atoms with van der Waals surface area (Å²) in [4.78, 5) is 29.9. The lowest BCUT2D eigenvalue weighted by Gasteiger charge is -2.47. The van der Waals surface area contributed by atoms with Crippen LogP contribution < -0.4 is 0 Å². The lowest BCUT2D eigenvalue weighted by molar-refractivity contribution is -0.136. The molecule has 2 fully saturated rings. The van der Waals surface area contributed by atoms with Crippen molar-refractivity contribution in [3.05, 3.63) is 29.9 Å². The van der Waals surface area contributed by atoms with Crippen molar-refractivity contribution in [1.29, 1.82) is 0 Å². The van der Waals surface area contributed by atoms with Crippen molar-refractivity contribution in [3.63, 3.8) is 0 Å². The van der Waals surface area contributed by atoms with Crippen LogP contribution in [0.25, 0.3) is 0 Å². The maximum absolute atomic E-state index is 8.36. The zero-order chi connectivity index (χ0) is 24.1. The fourth-order valence-electron chi connectivity index (χ4n) is 4.23. The van der Waals surface area contributed by atoms with Gasteiger partial charge in [0.15, 0.2) is 0 Å². The van der Waals surface area contributed by atoms with Crippen molar-refractivity contribution >= 4 is 12.9 Å². The number of rotatable bonds is 6. The molecule has 2 aliphatic rings. The van der Waals surface area contributed by atoms with Gasteiger partial charge in [-0.05, 0) is 19.8 Å². The number of hydrogen-bond acceptors (Lipinski definition) is 8. The molecule has 3 N–H and O–H groups in total. The minimum Gasteiger partial charge on any atom is -0.483 e. The average Bonchev–Trinajstić information content (AvgIpc) is 3.45. The molecule has 0 atom stereocenters. The van der Waals surface area contributed by atoms with Crippen LogP contribution in [0.4, 0.5) is 0 Å². The molecule has 2 aromatic rings. The van der Waals surface area contributed by atoms with Crippen molar-refractivity contribution in [1.82, 2.24) is 34.5 Å². The van der Waals surface area contributed by atoms with E-state index >= 15 is 0 Å². The van der Waals surface area contributed by atoms with Gasteiger partial charge in [0.1, 0.15) is 18.5 Å². The molecule has 0 amide bonds. The molecular formula is C21H35N7O5. The number of hydrogen-bond donors (Lipinski definition) is 3. The third-order valence-electron chi connectivity index (χ3n) is 5.98. The molecule has 0 aliphatic carbocycles. The normalized spacial score (nSPS) is 18.0. The summed E-state index contributed by atoms with van der Waals surface area (Å²) in [7, 11) is 0. The maximum Gasteiger partial charge on any atom is 0.290 e. The highest BCUT2D eigenvalue weighted by Gasteiger charge is 2.39. The minimum absolute atomic E-state index is 0.0249. The second-order valence-corrected chi connectivity index (χ2v) is 8.10. The van der Waals surface area contributed by atoms with Crippen LogP contribution in [0.5, 0.6) is 0 Å². The Morgan fingerprint density at radius 2 is 1.73 bits per heavy atom. The van der Waals surface area contributed by atoms with E-state index in [1.54, 1.807) is 12.7 Å². The van der Waals surface area contributed by atoms with Gasteiger partial charge >= 0.3 is 0 Å². The van der Waals surface area contributed by atoms with Gasteiger partial charge in [-0.3, -0.25) is 19.4 Å². The smallest absolute Gasteiger partial charge is 0.290 e. The summed E-state index contributed by atoms with van der Waals surface area (Å²) in [5.41, 5.74) is 2.43. The number of aryl methyl sites for hydroxylation is 2. The molecule has 2 saturated heterocycles. The van der Waals surface area contributed by atoms with Gasteiger partial charge in [-0.2, -0.15) is 0 Å². The minimum atomic E-state index is -0.250. The Hall–Kier alpha value is -2.83. The zero-order valence-electron chi connectivity index (χ0n) is 19.4. The van der Waals surface area contributed by atoms with Gasteiger partial charge in [-0.25, -0.2) is 4.98 Å². The van der Waals surface area contributed by atoms with Crippen molar-refractivity contribution in [2.45, 2.75) is 51.8 Å². The molecule has 0 radical (unpaired) electrons. The fourth-order valence-corrected chi connectivity index (χ4v) is 4.23. The summed E-state index contributed by atoms with van der Waals surface area (Å²) in [6, 6.07) is 0. The molecule has 0 saturated carbocycles. The van der Waals surface area contributed by atoms with Crippen molar-refractivity contribution < 1.29 is 24.5 Å². The Balaban J connectivity index is 0.000000582. The lowest BCUT2D eigenvalue weighted by Crippen LogP contribution is -2.57. The van der Waals surface area contributed by atoms with Crippen molar-refractivity contribution in [3.8, 4) is 0 Å². The Kier molecular flexibility index (Phi) is 10.9. The molecule has 0 aromatic carbocycles. The summed E-state index contributed by atoms with van der Waals surface area (Å²) in [5, 5.41) is 21.5. The molecule has 2 aliphatic heterocycles. The fraction of sp³-hybridized carbons (Fsp3) is 0.667. The monoisotopic (exact) mass is 465 g/mol. The first kappa shape index (κ1) is 26.4. The van der Waals surface area contributed by atoms with Gasteiger partial charge in [0.25, 0.3) is 12.9 Å². The summed E-state index contributed by atoms with van der Waals surface area (Å²) >= 11 is 0. The SMILES string of the molecule is CCc1nc(CN2CCC3(CC2)CN(CCn2cnnc2)CCO3)c(C)[nH]1.O=CO.O=CO. The summed E-state index contributed by atoms with van der Waals surface area (Å²) in [6.07, 6.45) is 6.73. The molecule has 184 valence electrons. The van der Waals surface area contributed by atoms with Crippen molar-refractivity contribution in [2.24, 2.45) is 0 Å². The second kappa shape index (κ2) is 13.7. The molecule has 0 bridgehead atoms. The van der Waals surface area contributed by atoms with Crippen LogP contribution in [0, 0.1) is 6.92 Å². The highest BCUT2D eigenvalue weighted by Crippen LogP contribution is 2.30. The molecule has 2 aromatic heterocycles. The van der Waals surface area contributed by atoms with Gasteiger partial charge in [-0.15, -0.1) is 10.2 Å². The third kappa shape index (κ3) is 8.22. The van der Waals surface area contributed by atoms with E-state index < -0.39 is 0 Å². The predicted octanol–water partition coefficient (Wildman–Crippen LogP) is 0.641. The van der Waals surface area contributed by atoms with E-state index in [9.17, 15) is 0 Å². The van der Waals surface area contributed by atoms with Gasteiger partial charge < -0.3 is 24.5 Å². The van der Waals surface area contributed by atoms with E-state index in [1.165, 1.54) is 11.4 Å². The van der Waals surface area contributed by atoms with Gasteiger partial charge in [-0.1, -0.05) is 6.92 Å². The summed E-state index contributed by atoms with van der Waals surface area (Å²) < 4.78 is 8.34. The van der Waals surface area contributed by atoms with Crippen LogP contribution in [0.15, 0.2) is 12.7 Å². The van der Waals surface area contributed by atoms with E-state index in [-0.39, 0.29) is 18.5 Å². The van der Waals surface area contributed by atoms with Crippen molar-refractivity contribution in [2.75, 3.05) is 39.3 Å². The van der Waals surface area contributed by atoms with Gasteiger partial charge in [0.05, 0.1) is 17.9 Å². The Morgan fingerprint density at radius 3 is 2.30 bits per heavy atom. The predicted molar refractivity (Wildman–Crippen MR) is 120 cm³/mol. The number of aromatic nitrogens is 5. The molecule has 4 rings (SSSR count). The third-order valence-corrected chi connectivity index (χ3v) is 5.98. The molecule has 4 heterocycles. The standard InChI is InChI=1S/C19H31N7O.2CH2O2/c1-3-18-22-16(2)17(23-18)12-24-6-4-19(5-7-24)13-25(10-11-27-19)8-9-26-14-20-21-15-26;2*2-1-3/h14-15H,3-13H2,1-2H3,(H,22,23);2*1H,(H,2,3). The number of morpholine rings is 1. The number of carboxylic acid groups (broad SMARTS) is 2. The van der Waals surface area contributed by atoms with Crippen LogP contribution in [-0.4, -0.2) is 103 Å². The second-order valence-electron chi connectivity index (χ2n) is 8.10. The highest BCUT2D eigenvalue weighted by atomic mass is 16.5. The molecular weight excluding hydrogens is 430 g/mol. The van der Waals surface area contributed by atoms with Crippen LogP contribution >= 0.6 is 0 Å². The highest BCUT2D eigenvalue weighted by molar-refractivity contribution is 5.33. The van der Waals surface area contributed by atoms with Gasteiger partial charge in [0, 0.05) is 57.9 Å². The number of likely N-dealkylation sites (tertiary alicyclic amines) is 1. The van der Waals surface area contributed by atoms with E-state index in [4.69, 9.17) is 29.5 Å². The number of nitrogens with one attached hydrogen (secondary N) is 1. The number of piperidine rings is 1. The lowest BCUT2D eigenvalue weighted by atomic mass is 9.89. The summed E-state index contributed by atoms with van der Waals surface area (Å²) in [6.45, 7) is 11.7. The van der Waals surface area contributed by atoms with Crippen LogP contribution in [-0.2, 0) is 33.8 Å². The average molecular weight is 466 g/mol. The number of imidazole rings is 1. The molecule has 0 unspecified atom stereocenters. The number of H-pyrrole nitrogens is 1. The molecule has 1 spiro atoms. The first-order chi connectivity index (χ1) is 16.0. The van der Waals surface area contributed by atoms with Crippen LogP contribution in [0.3, 0.4) is 0 Å². The quantitative estimate of drug-likeness (QED) is 0.519. The van der Waals surface area contributed by atoms with E-state index in [1.807, 2.05) is 4.57 Å². The molecule has 12 nitrogen and oxygen atoms in total. The molecule has 33 heavy (non-hydrogen) atoms. The van der Waals surface area contributed by atoms with Gasteiger partial charge in [0.2, 0.25) is 0 Å². The number of nitrogens with zero attached hydrogens (tertiary/aromatic N) is 6. The number of ether oxygens (including phenoxy) is 1. The topological polar surface area (TPSA) is 150 Å². The number of carbonyl (C=O) groups is 2. The van der Waals surface area contributed by atoms with E-state index in [2.05, 4.69) is 38.8 Å². The Labute approximate surface area is 193 Å². The van der Waals surface area contributed by atoms with Crippen LogP contribution in [0.1, 0.15) is 37.0 Å². The maximum atomic E-state index is 8.36. The van der Waals surface area contributed by atoms with Crippen LogP contribution in [0.2, 0.25) is 0 Å². The van der Waals surface area contributed by atoms with E-state index in [0.717, 1.165) is 77.5 Å². The first-order valence-corrected chi connectivity index (χ1v) is 11.1. The molecule has 12 heteroatoms. The zero-order valence-corrected chi connectivity index (χ0v) is 19.4. The Morgan fingerprint density at radius 1 is 1.09 bits per heavy atom. The first-order valence-electron chi connectivity index (χ1n) is 11.1.